The van der Waals surface area contributed by atoms with Gasteiger partial charge in [-0.3, -0.25) is 9.89 Å². The first-order valence-corrected chi connectivity index (χ1v) is 9.26. The molecule has 0 aromatic carbocycles. The molecule has 0 radical (unpaired) electrons. The number of aryl methyl sites for hydroxylation is 1. The van der Waals surface area contributed by atoms with Crippen molar-refractivity contribution in [3.05, 3.63) is 35.8 Å². The van der Waals surface area contributed by atoms with Crippen molar-refractivity contribution in [3.63, 3.8) is 0 Å². The average molecular weight is 330 g/mol. The molecule has 1 unspecified atom stereocenters. The minimum Gasteiger partial charge on any atom is -0.465 e. The Morgan fingerprint density at radius 1 is 1.29 bits per heavy atom. The predicted octanol–water partition coefficient (Wildman–Crippen LogP) is 3.00. The van der Waals surface area contributed by atoms with Crippen molar-refractivity contribution in [1.82, 2.24) is 15.5 Å². The Labute approximate surface area is 145 Å². The fourth-order valence-electron chi connectivity index (χ4n) is 3.50. The molecule has 2 N–H and O–H groups in total. The van der Waals surface area contributed by atoms with Crippen molar-refractivity contribution in [2.24, 2.45) is 4.99 Å². The highest BCUT2D eigenvalue weighted by atomic mass is 16.3. The third-order valence-electron chi connectivity index (χ3n) is 4.79. The molecule has 1 aromatic heterocycles. The lowest BCUT2D eigenvalue weighted by Gasteiger charge is -2.25. The zero-order valence-corrected chi connectivity index (χ0v) is 14.9. The summed E-state index contributed by atoms with van der Waals surface area (Å²) >= 11 is 0. The lowest BCUT2D eigenvalue weighted by molar-refractivity contribution is 0.219. The van der Waals surface area contributed by atoms with E-state index in [-0.39, 0.29) is 6.04 Å². The van der Waals surface area contributed by atoms with E-state index in [1.54, 1.807) is 0 Å². The second-order valence-corrected chi connectivity index (χ2v) is 6.71. The molecule has 1 atom stereocenters. The van der Waals surface area contributed by atoms with Gasteiger partial charge in [0.1, 0.15) is 11.5 Å². The number of likely N-dealkylation sites (tertiary alicyclic amines) is 1. The maximum absolute atomic E-state index is 5.92. The topological polar surface area (TPSA) is 52.8 Å². The minimum atomic E-state index is 0.235. The van der Waals surface area contributed by atoms with Crippen molar-refractivity contribution in [3.8, 4) is 0 Å². The van der Waals surface area contributed by atoms with Gasteiger partial charge in [-0.15, -0.1) is 0 Å². The molecular weight excluding hydrogens is 300 g/mol. The summed E-state index contributed by atoms with van der Waals surface area (Å²) in [5.41, 5.74) is 0. The number of nitrogens with one attached hydrogen (secondary N) is 2. The normalized spacial score (nSPS) is 20.7. The van der Waals surface area contributed by atoms with Crippen molar-refractivity contribution in [2.45, 2.75) is 51.6 Å². The van der Waals surface area contributed by atoms with Gasteiger partial charge in [-0.25, -0.2) is 0 Å². The molecule has 2 aliphatic rings. The summed E-state index contributed by atoms with van der Waals surface area (Å²) in [5, 5.41) is 6.92. The van der Waals surface area contributed by atoms with Crippen LogP contribution in [0.4, 0.5) is 0 Å². The first kappa shape index (κ1) is 17.1. The van der Waals surface area contributed by atoms with Crippen LogP contribution in [0, 0.1) is 6.92 Å². The van der Waals surface area contributed by atoms with E-state index < -0.39 is 0 Å². The Hall–Kier alpha value is -1.75. The van der Waals surface area contributed by atoms with Crippen LogP contribution >= 0.6 is 0 Å². The molecule has 5 nitrogen and oxygen atoms in total. The molecule has 1 aromatic rings. The summed E-state index contributed by atoms with van der Waals surface area (Å²) in [5.74, 6) is 2.93. The standard InChI is InChI=1S/C19H30N4O/c1-3-20-19(22-16-8-4-5-9-16)21-14-17(23-12-6-7-13-23)18-11-10-15(2)24-18/h4-5,10-11,16-17H,3,6-9,12-14H2,1-2H3,(H2,20,21,22). The van der Waals surface area contributed by atoms with Gasteiger partial charge in [0.15, 0.2) is 5.96 Å². The molecule has 0 spiro atoms. The molecule has 0 bridgehead atoms. The molecule has 5 heteroatoms. The third-order valence-corrected chi connectivity index (χ3v) is 4.79. The van der Waals surface area contributed by atoms with Gasteiger partial charge in [0, 0.05) is 12.6 Å². The molecule has 1 aliphatic carbocycles. The quantitative estimate of drug-likeness (QED) is 0.478. The molecular formula is C19H30N4O. The molecule has 24 heavy (non-hydrogen) atoms. The van der Waals surface area contributed by atoms with Gasteiger partial charge in [0.05, 0.1) is 12.6 Å². The molecule has 1 aliphatic heterocycles. The third kappa shape index (κ3) is 4.41. The summed E-state index contributed by atoms with van der Waals surface area (Å²) in [7, 11) is 0. The van der Waals surface area contributed by atoms with Crippen molar-refractivity contribution in [1.29, 1.82) is 0 Å². The van der Waals surface area contributed by atoms with Crippen molar-refractivity contribution < 1.29 is 4.42 Å². The van der Waals surface area contributed by atoms with Crippen LogP contribution in [0.5, 0.6) is 0 Å². The Kier molecular flexibility index (Phi) is 5.96. The highest BCUT2D eigenvalue weighted by Crippen LogP contribution is 2.27. The van der Waals surface area contributed by atoms with Gasteiger partial charge in [0.25, 0.3) is 0 Å². The summed E-state index contributed by atoms with van der Waals surface area (Å²) in [6.45, 7) is 7.99. The van der Waals surface area contributed by atoms with E-state index in [2.05, 4.69) is 46.7 Å². The van der Waals surface area contributed by atoms with Crippen LogP contribution in [0.3, 0.4) is 0 Å². The highest BCUT2D eigenvalue weighted by Gasteiger charge is 2.26. The number of furan rings is 1. The Morgan fingerprint density at radius 3 is 2.67 bits per heavy atom. The van der Waals surface area contributed by atoms with Crippen molar-refractivity contribution in [2.75, 3.05) is 26.2 Å². The van der Waals surface area contributed by atoms with Gasteiger partial charge in [-0.05, 0) is 64.8 Å². The summed E-state index contributed by atoms with van der Waals surface area (Å²) < 4.78 is 5.92. The molecule has 0 amide bonds. The van der Waals surface area contributed by atoms with Gasteiger partial charge in [0.2, 0.25) is 0 Å². The van der Waals surface area contributed by atoms with Crippen LogP contribution in [0.25, 0.3) is 0 Å². The first-order valence-electron chi connectivity index (χ1n) is 9.26. The first-order chi connectivity index (χ1) is 11.8. The molecule has 3 rings (SSSR count). The second-order valence-electron chi connectivity index (χ2n) is 6.71. The van der Waals surface area contributed by atoms with Crippen LogP contribution in [0.1, 0.15) is 50.2 Å². The molecule has 1 saturated heterocycles. The number of hydrogen-bond acceptors (Lipinski definition) is 3. The average Bonchev–Trinajstić information content (AvgIpc) is 3.31. The van der Waals surface area contributed by atoms with E-state index in [0.29, 0.717) is 6.04 Å². The SMILES string of the molecule is CCNC(=NCC(c1ccc(C)o1)N1CCCC1)NC1CC=CC1. The van der Waals surface area contributed by atoms with Gasteiger partial charge in [-0.1, -0.05) is 12.2 Å². The van der Waals surface area contributed by atoms with Crippen LogP contribution < -0.4 is 10.6 Å². The number of guanidine groups is 1. The van der Waals surface area contributed by atoms with E-state index in [1.807, 2.05) is 6.92 Å². The highest BCUT2D eigenvalue weighted by molar-refractivity contribution is 5.80. The maximum atomic E-state index is 5.92. The summed E-state index contributed by atoms with van der Waals surface area (Å²) in [6.07, 6.45) is 9.17. The largest absolute Gasteiger partial charge is 0.465 e. The van der Waals surface area contributed by atoms with Crippen LogP contribution in [-0.2, 0) is 0 Å². The van der Waals surface area contributed by atoms with Crippen LogP contribution in [0.2, 0.25) is 0 Å². The summed E-state index contributed by atoms with van der Waals surface area (Å²) in [4.78, 5) is 7.37. The lowest BCUT2D eigenvalue weighted by Crippen LogP contribution is -2.43. The summed E-state index contributed by atoms with van der Waals surface area (Å²) in [6, 6.07) is 4.86. The number of nitrogens with zero attached hydrogens (tertiary/aromatic N) is 2. The number of hydrogen-bond donors (Lipinski definition) is 2. The van der Waals surface area contributed by atoms with Gasteiger partial charge in [-0.2, -0.15) is 0 Å². The second kappa shape index (κ2) is 8.38. The van der Waals surface area contributed by atoms with E-state index in [0.717, 1.165) is 56.5 Å². The van der Waals surface area contributed by atoms with E-state index >= 15 is 0 Å². The Morgan fingerprint density at radius 2 is 2.04 bits per heavy atom. The van der Waals surface area contributed by atoms with E-state index in [9.17, 15) is 0 Å². The monoisotopic (exact) mass is 330 g/mol. The van der Waals surface area contributed by atoms with Gasteiger partial charge < -0.3 is 15.1 Å². The molecule has 132 valence electrons. The smallest absolute Gasteiger partial charge is 0.191 e. The van der Waals surface area contributed by atoms with Crippen LogP contribution in [-0.4, -0.2) is 43.1 Å². The number of rotatable bonds is 6. The van der Waals surface area contributed by atoms with Gasteiger partial charge >= 0.3 is 0 Å². The fraction of sp³-hybridized carbons (Fsp3) is 0.632. The zero-order valence-electron chi connectivity index (χ0n) is 14.9. The van der Waals surface area contributed by atoms with E-state index in [1.165, 1.54) is 12.8 Å². The Balaban J connectivity index is 1.69. The predicted molar refractivity (Wildman–Crippen MR) is 98.3 cm³/mol. The van der Waals surface area contributed by atoms with Crippen molar-refractivity contribution >= 4 is 5.96 Å². The molecule has 0 saturated carbocycles. The molecule has 2 heterocycles. The fourth-order valence-corrected chi connectivity index (χ4v) is 3.50. The Bertz CT molecular complexity index is 564. The maximum Gasteiger partial charge on any atom is 0.191 e. The zero-order chi connectivity index (χ0) is 16.8. The molecule has 1 fully saturated rings. The van der Waals surface area contributed by atoms with Crippen LogP contribution in [0.15, 0.2) is 33.7 Å². The lowest BCUT2D eigenvalue weighted by atomic mass is 10.2. The minimum absolute atomic E-state index is 0.235. The number of aliphatic imine (C=N–C) groups is 1. The van der Waals surface area contributed by atoms with E-state index in [4.69, 9.17) is 9.41 Å².